The van der Waals surface area contributed by atoms with E-state index in [2.05, 4.69) is 5.32 Å². The zero-order valence-electron chi connectivity index (χ0n) is 14.9. The van der Waals surface area contributed by atoms with E-state index < -0.39 is 10.0 Å². The zero-order valence-corrected chi connectivity index (χ0v) is 15.8. The van der Waals surface area contributed by atoms with E-state index in [0.717, 1.165) is 31.3 Å². The average Bonchev–Trinajstić information content (AvgIpc) is 3.05. The highest BCUT2D eigenvalue weighted by Crippen LogP contribution is 2.31. The maximum absolute atomic E-state index is 12.2. The van der Waals surface area contributed by atoms with Gasteiger partial charge in [0.1, 0.15) is 5.75 Å². The number of hydrogen-bond donors (Lipinski definition) is 1. The second-order valence-corrected chi connectivity index (χ2v) is 8.11. The summed E-state index contributed by atoms with van der Waals surface area (Å²) in [4.78, 5) is 12.1. The highest BCUT2D eigenvalue weighted by Gasteiger charge is 2.23. The first-order valence-electron chi connectivity index (χ1n) is 8.32. The number of rotatable bonds is 8. The quantitative estimate of drug-likeness (QED) is 0.749. The van der Waals surface area contributed by atoms with E-state index in [1.165, 1.54) is 11.4 Å². The standard InChI is InChI=1S/C17H26N2O5S/c1-13-6-7-16(23-2)15(11-13)19(25(3,21)22)9-8-17(20)18-12-14-5-4-10-24-14/h6-7,11,14H,4-5,8-10,12H2,1-3H3,(H,18,20). The Kier molecular flexibility index (Phi) is 6.66. The molecule has 1 atom stereocenters. The van der Waals surface area contributed by atoms with Crippen LogP contribution in [-0.4, -0.2) is 53.5 Å². The molecule has 140 valence electrons. The van der Waals surface area contributed by atoms with Crippen LogP contribution in [0.25, 0.3) is 0 Å². The molecule has 0 aliphatic carbocycles. The third-order valence-corrected chi connectivity index (χ3v) is 5.28. The summed E-state index contributed by atoms with van der Waals surface area (Å²) in [6, 6.07) is 5.31. The number of methoxy groups -OCH3 is 1. The molecule has 0 saturated carbocycles. The van der Waals surface area contributed by atoms with Gasteiger partial charge in [-0.3, -0.25) is 9.10 Å². The maximum Gasteiger partial charge on any atom is 0.232 e. The van der Waals surface area contributed by atoms with Crippen LogP contribution in [0.4, 0.5) is 5.69 Å². The first kappa shape index (κ1) is 19.5. The van der Waals surface area contributed by atoms with Crippen LogP contribution in [0, 0.1) is 6.92 Å². The summed E-state index contributed by atoms with van der Waals surface area (Å²) in [7, 11) is -2.06. The van der Waals surface area contributed by atoms with Crippen LogP contribution in [0.2, 0.25) is 0 Å². The van der Waals surface area contributed by atoms with Crippen molar-refractivity contribution < 1.29 is 22.7 Å². The fourth-order valence-corrected chi connectivity index (χ4v) is 3.71. The predicted molar refractivity (Wildman–Crippen MR) is 96.5 cm³/mol. The minimum absolute atomic E-state index is 0.0516. The van der Waals surface area contributed by atoms with E-state index in [1.54, 1.807) is 12.1 Å². The lowest BCUT2D eigenvalue weighted by Crippen LogP contribution is -2.37. The number of hydrogen-bond acceptors (Lipinski definition) is 5. The van der Waals surface area contributed by atoms with Gasteiger partial charge >= 0.3 is 0 Å². The van der Waals surface area contributed by atoms with Crippen molar-refractivity contribution in [1.82, 2.24) is 5.32 Å². The fraction of sp³-hybridized carbons (Fsp3) is 0.588. The Hall–Kier alpha value is -1.80. The number of aryl methyl sites for hydroxylation is 1. The van der Waals surface area contributed by atoms with Gasteiger partial charge in [-0.2, -0.15) is 0 Å². The summed E-state index contributed by atoms with van der Waals surface area (Å²) in [5, 5.41) is 2.81. The predicted octanol–water partition coefficient (Wildman–Crippen LogP) is 1.45. The number of sulfonamides is 1. The van der Waals surface area contributed by atoms with E-state index in [4.69, 9.17) is 9.47 Å². The lowest BCUT2D eigenvalue weighted by Gasteiger charge is -2.24. The molecule has 0 radical (unpaired) electrons. The van der Waals surface area contributed by atoms with Crippen molar-refractivity contribution >= 4 is 21.6 Å². The number of carbonyl (C=O) groups is 1. The molecule has 1 heterocycles. The first-order valence-corrected chi connectivity index (χ1v) is 10.2. The molecule has 7 nitrogen and oxygen atoms in total. The van der Waals surface area contributed by atoms with Gasteiger partial charge in [-0.15, -0.1) is 0 Å². The van der Waals surface area contributed by atoms with Crippen molar-refractivity contribution in [3.63, 3.8) is 0 Å². The summed E-state index contributed by atoms with van der Waals surface area (Å²) >= 11 is 0. The summed E-state index contributed by atoms with van der Waals surface area (Å²) in [5.74, 6) is 0.256. The van der Waals surface area contributed by atoms with E-state index in [9.17, 15) is 13.2 Å². The van der Waals surface area contributed by atoms with Gasteiger partial charge in [0.05, 0.1) is 25.2 Å². The van der Waals surface area contributed by atoms with E-state index in [-0.39, 0.29) is 25.0 Å². The lowest BCUT2D eigenvalue weighted by atomic mass is 10.2. The second kappa shape index (κ2) is 8.53. The van der Waals surface area contributed by atoms with Gasteiger partial charge in [0, 0.05) is 26.1 Å². The van der Waals surface area contributed by atoms with Crippen molar-refractivity contribution in [2.75, 3.05) is 37.4 Å². The number of nitrogens with zero attached hydrogens (tertiary/aromatic N) is 1. The normalized spacial score (nSPS) is 17.3. The lowest BCUT2D eigenvalue weighted by molar-refractivity contribution is -0.121. The van der Waals surface area contributed by atoms with E-state index >= 15 is 0 Å². The third kappa shape index (κ3) is 5.61. The van der Waals surface area contributed by atoms with E-state index in [1.807, 2.05) is 13.0 Å². The van der Waals surface area contributed by atoms with Crippen LogP contribution in [0.15, 0.2) is 18.2 Å². The van der Waals surface area contributed by atoms with Gasteiger partial charge in [-0.1, -0.05) is 6.07 Å². The molecule has 1 aromatic rings. The van der Waals surface area contributed by atoms with E-state index in [0.29, 0.717) is 18.0 Å². The van der Waals surface area contributed by atoms with Crippen LogP contribution in [0.3, 0.4) is 0 Å². The number of nitrogens with one attached hydrogen (secondary N) is 1. The minimum atomic E-state index is -3.54. The Labute approximate surface area is 149 Å². The number of carbonyl (C=O) groups excluding carboxylic acids is 1. The Morgan fingerprint density at radius 1 is 1.44 bits per heavy atom. The first-order chi connectivity index (χ1) is 11.8. The number of amides is 1. The van der Waals surface area contributed by atoms with Crippen molar-refractivity contribution in [2.24, 2.45) is 0 Å². The summed E-state index contributed by atoms with van der Waals surface area (Å²) in [5.41, 5.74) is 1.35. The molecule has 1 amide bonds. The van der Waals surface area contributed by atoms with Crippen molar-refractivity contribution in [3.8, 4) is 5.75 Å². The van der Waals surface area contributed by atoms with Gasteiger partial charge in [0.2, 0.25) is 15.9 Å². The molecule has 25 heavy (non-hydrogen) atoms. The molecule has 1 aliphatic heterocycles. The average molecular weight is 370 g/mol. The van der Waals surface area contributed by atoms with Gasteiger partial charge in [0.15, 0.2) is 0 Å². The number of anilines is 1. The highest BCUT2D eigenvalue weighted by molar-refractivity contribution is 7.92. The largest absolute Gasteiger partial charge is 0.495 e. The third-order valence-electron chi connectivity index (χ3n) is 4.10. The smallest absolute Gasteiger partial charge is 0.232 e. The molecule has 1 aliphatic rings. The molecule has 1 unspecified atom stereocenters. The van der Waals surface area contributed by atoms with Crippen LogP contribution in [0.5, 0.6) is 5.75 Å². The highest BCUT2D eigenvalue weighted by atomic mass is 32.2. The van der Waals surface area contributed by atoms with Gasteiger partial charge in [0.25, 0.3) is 0 Å². The summed E-state index contributed by atoms with van der Waals surface area (Å²) in [6.07, 6.45) is 3.20. The molecule has 8 heteroatoms. The molecule has 0 bridgehead atoms. The van der Waals surface area contributed by atoms with Gasteiger partial charge in [-0.05, 0) is 37.5 Å². The molecule has 1 saturated heterocycles. The van der Waals surface area contributed by atoms with Crippen LogP contribution >= 0.6 is 0 Å². The molecule has 1 fully saturated rings. The van der Waals surface area contributed by atoms with Gasteiger partial charge < -0.3 is 14.8 Å². The molecular formula is C17H26N2O5S. The summed E-state index contributed by atoms with van der Waals surface area (Å²) in [6.45, 7) is 3.12. The Balaban J connectivity index is 2.03. The fourth-order valence-electron chi connectivity index (χ4n) is 2.78. The molecule has 0 aromatic heterocycles. The summed E-state index contributed by atoms with van der Waals surface area (Å²) < 4.78 is 36.4. The Morgan fingerprint density at radius 3 is 2.80 bits per heavy atom. The molecule has 1 N–H and O–H groups in total. The number of ether oxygens (including phenoxy) is 2. The van der Waals surface area contributed by atoms with Crippen LogP contribution < -0.4 is 14.4 Å². The number of benzene rings is 1. The Morgan fingerprint density at radius 2 is 2.20 bits per heavy atom. The topological polar surface area (TPSA) is 84.9 Å². The molecular weight excluding hydrogens is 344 g/mol. The van der Waals surface area contributed by atoms with Gasteiger partial charge in [-0.25, -0.2) is 8.42 Å². The van der Waals surface area contributed by atoms with Crippen molar-refractivity contribution in [3.05, 3.63) is 23.8 Å². The minimum Gasteiger partial charge on any atom is -0.495 e. The van der Waals surface area contributed by atoms with Crippen molar-refractivity contribution in [1.29, 1.82) is 0 Å². The van der Waals surface area contributed by atoms with Crippen molar-refractivity contribution in [2.45, 2.75) is 32.3 Å². The maximum atomic E-state index is 12.2. The molecule has 1 aromatic carbocycles. The van der Waals surface area contributed by atoms with Crippen LogP contribution in [-0.2, 0) is 19.6 Å². The van der Waals surface area contributed by atoms with Crippen LogP contribution in [0.1, 0.15) is 24.8 Å². The second-order valence-electron chi connectivity index (χ2n) is 6.20. The Bertz CT molecular complexity index is 699. The molecule has 0 spiro atoms. The SMILES string of the molecule is COc1ccc(C)cc1N(CCC(=O)NCC1CCCO1)S(C)(=O)=O. The molecule has 2 rings (SSSR count). The monoisotopic (exact) mass is 370 g/mol. The zero-order chi connectivity index (χ0) is 18.4.